The third-order valence-corrected chi connectivity index (χ3v) is 5.85. The molecule has 0 radical (unpaired) electrons. The van der Waals surface area contributed by atoms with Gasteiger partial charge < -0.3 is 14.4 Å². The number of nitrogens with zero attached hydrogens (tertiary/aromatic N) is 1. The smallest absolute Gasteiger partial charge is 0.307 e. The summed E-state index contributed by atoms with van der Waals surface area (Å²) in [6.07, 6.45) is 2.50. The summed E-state index contributed by atoms with van der Waals surface area (Å²) in [5.41, 5.74) is 6.56. The standard InChI is InChI=1S/C26H31NO3/c1-19(2)17-30-25(28)13-16-27-14-11-20(12-15-27)26-22-8-4-3-7-21(22)18-29-24-10-6-5-9-23(24)26/h3-10,19H,11-18H2,1-2H3. The molecule has 30 heavy (non-hydrogen) atoms. The first kappa shape index (κ1) is 20.7. The number of para-hydroxylation sites is 1. The van der Waals surface area contributed by atoms with Gasteiger partial charge in [0.1, 0.15) is 12.4 Å². The van der Waals surface area contributed by atoms with Gasteiger partial charge in [0, 0.05) is 25.2 Å². The molecule has 158 valence electrons. The molecule has 1 fully saturated rings. The van der Waals surface area contributed by atoms with Crippen molar-refractivity contribution in [2.75, 3.05) is 26.2 Å². The Morgan fingerprint density at radius 1 is 1.03 bits per heavy atom. The predicted octanol–water partition coefficient (Wildman–Crippen LogP) is 5.07. The van der Waals surface area contributed by atoms with Crippen molar-refractivity contribution in [2.45, 2.75) is 39.7 Å². The summed E-state index contributed by atoms with van der Waals surface area (Å²) in [4.78, 5) is 14.3. The van der Waals surface area contributed by atoms with Crippen LogP contribution in [0.2, 0.25) is 0 Å². The number of carbonyl (C=O) groups is 1. The van der Waals surface area contributed by atoms with Gasteiger partial charge in [0.2, 0.25) is 0 Å². The molecule has 2 aromatic carbocycles. The van der Waals surface area contributed by atoms with Gasteiger partial charge in [0.25, 0.3) is 0 Å². The lowest BCUT2D eigenvalue weighted by Gasteiger charge is -2.30. The summed E-state index contributed by atoms with van der Waals surface area (Å²) in [6, 6.07) is 17.0. The van der Waals surface area contributed by atoms with Gasteiger partial charge in [-0.15, -0.1) is 0 Å². The van der Waals surface area contributed by atoms with Crippen LogP contribution >= 0.6 is 0 Å². The van der Waals surface area contributed by atoms with Gasteiger partial charge in [-0.3, -0.25) is 4.79 Å². The minimum Gasteiger partial charge on any atom is -0.488 e. The Hall–Kier alpha value is -2.59. The normalized spacial score (nSPS) is 16.5. The van der Waals surface area contributed by atoms with Crippen LogP contribution in [0.25, 0.3) is 5.57 Å². The van der Waals surface area contributed by atoms with Gasteiger partial charge >= 0.3 is 5.97 Å². The van der Waals surface area contributed by atoms with E-state index >= 15 is 0 Å². The summed E-state index contributed by atoms with van der Waals surface area (Å²) in [5, 5.41) is 0. The Morgan fingerprint density at radius 2 is 1.73 bits per heavy atom. The van der Waals surface area contributed by atoms with Crippen molar-refractivity contribution < 1.29 is 14.3 Å². The van der Waals surface area contributed by atoms with Crippen molar-refractivity contribution in [2.24, 2.45) is 5.92 Å². The van der Waals surface area contributed by atoms with Crippen molar-refractivity contribution in [1.82, 2.24) is 4.90 Å². The van der Waals surface area contributed by atoms with Crippen molar-refractivity contribution in [3.8, 4) is 5.75 Å². The molecule has 2 heterocycles. The molecule has 4 nitrogen and oxygen atoms in total. The summed E-state index contributed by atoms with van der Waals surface area (Å²) in [6.45, 7) is 7.95. The zero-order valence-corrected chi connectivity index (χ0v) is 18.0. The fourth-order valence-corrected chi connectivity index (χ4v) is 4.25. The molecule has 4 rings (SSSR count). The lowest BCUT2D eigenvalue weighted by Crippen LogP contribution is -2.33. The monoisotopic (exact) mass is 405 g/mol. The van der Waals surface area contributed by atoms with Crippen LogP contribution < -0.4 is 4.74 Å². The topological polar surface area (TPSA) is 38.8 Å². The van der Waals surface area contributed by atoms with E-state index in [0.29, 0.717) is 25.6 Å². The quantitative estimate of drug-likeness (QED) is 0.652. The largest absolute Gasteiger partial charge is 0.488 e. The molecule has 0 unspecified atom stereocenters. The molecule has 1 saturated heterocycles. The van der Waals surface area contributed by atoms with Gasteiger partial charge in [0.05, 0.1) is 13.0 Å². The van der Waals surface area contributed by atoms with Gasteiger partial charge in [-0.1, -0.05) is 61.9 Å². The van der Waals surface area contributed by atoms with Gasteiger partial charge in [0.15, 0.2) is 0 Å². The van der Waals surface area contributed by atoms with Crippen LogP contribution in [-0.2, 0) is 16.1 Å². The third kappa shape index (κ3) is 4.76. The average Bonchev–Trinajstić information content (AvgIpc) is 2.93. The second-order valence-electron chi connectivity index (χ2n) is 8.59. The van der Waals surface area contributed by atoms with Crippen LogP contribution in [0.3, 0.4) is 0 Å². The molecule has 0 saturated carbocycles. The van der Waals surface area contributed by atoms with Crippen LogP contribution in [0.5, 0.6) is 5.75 Å². The van der Waals surface area contributed by atoms with E-state index in [1.165, 1.54) is 27.8 Å². The highest BCUT2D eigenvalue weighted by Crippen LogP contribution is 2.40. The first-order chi connectivity index (χ1) is 14.6. The minimum atomic E-state index is -0.0865. The van der Waals surface area contributed by atoms with Gasteiger partial charge in [-0.05, 0) is 41.5 Å². The van der Waals surface area contributed by atoms with Crippen molar-refractivity contribution in [3.63, 3.8) is 0 Å². The highest BCUT2D eigenvalue weighted by atomic mass is 16.5. The van der Waals surface area contributed by atoms with Gasteiger partial charge in [-0.25, -0.2) is 0 Å². The molecule has 0 atom stereocenters. The molecule has 4 heteroatoms. The number of esters is 1. The molecule has 2 aliphatic rings. The molecule has 0 amide bonds. The van der Waals surface area contributed by atoms with E-state index in [-0.39, 0.29) is 5.97 Å². The van der Waals surface area contributed by atoms with Gasteiger partial charge in [-0.2, -0.15) is 0 Å². The van der Waals surface area contributed by atoms with Crippen LogP contribution in [0.1, 0.15) is 49.8 Å². The molecule has 0 spiro atoms. The molecular weight excluding hydrogens is 374 g/mol. The fraction of sp³-hybridized carbons (Fsp3) is 0.423. The predicted molar refractivity (Wildman–Crippen MR) is 119 cm³/mol. The summed E-state index contributed by atoms with van der Waals surface area (Å²) in [5.74, 6) is 1.26. The van der Waals surface area contributed by atoms with E-state index < -0.39 is 0 Å². The highest BCUT2D eigenvalue weighted by molar-refractivity contribution is 5.87. The Labute approximate surface area is 179 Å². The van der Waals surface area contributed by atoms with E-state index in [4.69, 9.17) is 9.47 Å². The SMILES string of the molecule is CC(C)COC(=O)CCN1CCC(=C2c3ccccc3COc3ccccc32)CC1. The molecule has 0 N–H and O–H groups in total. The fourth-order valence-electron chi connectivity index (χ4n) is 4.25. The second kappa shape index (κ2) is 9.48. The van der Waals surface area contributed by atoms with E-state index in [1.807, 2.05) is 6.07 Å². The van der Waals surface area contributed by atoms with Crippen molar-refractivity contribution in [1.29, 1.82) is 0 Å². The molecule has 0 aliphatic carbocycles. The van der Waals surface area contributed by atoms with E-state index in [0.717, 1.165) is 38.2 Å². The van der Waals surface area contributed by atoms with E-state index in [2.05, 4.69) is 61.2 Å². The lowest BCUT2D eigenvalue weighted by atomic mass is 9.86. The number of likely N-dealkylation sites (tertiary alicyclic amines) is 1. The lowest BCUT2D eigenvalue weighted by molar-refractivity contribution is -0.145. The summed E-state index contributed by atoms with van der Waals surface area (Å²) in [7, 11) is 0. The number of fused-ring (bicyclic) bond motifs is 2. The third-order valence-electron chi connectivity index (χ3n) is 5.85. The summed E-state index contributed by atoms with van der Waals surface area (Å²) < 4.78 is 11.4. The first-order valence-electron chi connectivity index (χ1n) is 11.0. The number of carbonyl (C=O) groups excluding carboxylic acids is 1. The Kier molecular flexibility index (Phi) is 6.53. The molecule has 0 bridgehead atoms. The van der Waals surface area contributed by atoms with Crippen LogP contribution in [-0.4, -0.2) is 37.1 Å². The average molecular weight is 406 g/mol. The van der Waals surface area contributed by atoms with Crippen molar-refractivity contribution >= 4 is 11.5 Å². The number of rotatable bonds is 5. The van der Waals surface area contributed by atoms with E-state index in [1.54, 1.807) is 0 Å². The van der Waals surface area contributed by atoms with Crippen molar-refractivity contribution in [3.05, 3.63) is 70.8 Å². The van der Waals surface area contributed by atoms with Crippen LogP contribution in [0, 0.1) is 5.92 Å². The number of piperidine rings is 1. The Bertz CT molecular complexity index is 872. The number of ether oxygens (including phenoxy) is 2. The number of benzene rings is 2. The maximum Gasteiger partial charge on any atom is 0.307 e. The minimum absolute atomic E-state index is 0.0865. The second-order valence-corrected chi connectivity index (χ2v) is 8.59. The maximum absolute atomic E-state index is 11.9. The zero-order chi connectivity index (χ0) is 20.9. The first-order valence-corrected chi connectivity index (χ1v) is 11.0. The molecule has 2 aliphatic heterocycles. The van der Waals surface area contributed by atoms with E-state index in [9.17, 15) is 4.79 Å². The molecule has 0 aromatic heterocycles. The molecule has 2 aromatic rings. The highest BCUT2D eigenvalue weighted by Gasteiger charge is 2.24. The number of hydrogen-bond donors (Lipinski definition) is 0. The summed E-state index contributed by atoms with van der Waals surface area (Å²) >= 11 is 0. The molecular formula is C26H31NO3. The van der Waals surface area contributed by atoms with Crippen LogP contribution in [0.15, 0.2) is 54.1 Å². The maximum atomic E-state index is 11.9. The Morgan fingerprint density at radius 3 is 2.50 bits per heavy atom. The Balaban J connectivity index is 1.49. The zero-order valence-electron chi connectivity index (χ0n) is 18.0. The van der Waals surface area contributed by atoms with Crippen LogP contribution in [0.4, 0.5) is 0 Å². The number of hydrogen-bond acceptors (Lipinski definition) is 4.